The molecule has 9 saturated heterocycles. The Balaban J connectivity index is 0.000000161. The number of urea groups is 2. The number of hydrogen-bond donors (Lipinski definition) is 4. The van der Waals surface area contributed by atoms with Crippen molar-refractivity contribution in [1.29, 1.82) is 0 Å². The number of ketones is 2. The molecule has 686 valence electrons. The molecule has 3 unspecified atom stereocenters. The fourth-order valence-corrected chi connectivity index (χ4v) is 18.0. The molecule has 0 bridgehead atoms. The van der Waals surface area contributed by atoms with Gasteiger partial charge in [-0.1, -0.05) is 130 Å². The number of carbonyl (C=O) groups is 7. The zero-order valence-electron chi connectivity index (χ0n) is 76.3. The molecule has 4 N–H and O–H groups in total. The number of nitrogens with one attached hydrogen (secondary N) is 3. The van der Waals surface area contributed by atoms with Gasteiger partial charge in [-0.15, -0.1) is 0 Å². The van der Waals surface area contributed by atoms with E-state index in [1.165, 1.54) is 6.42 Å². The quantitative estimate of drug-likeness (QED) is 0.0596. The number of rotatable bonds is 19. The number of aliphatic hydroxyl groups is 1. The second-order valence-corrected chi connectivity index (χ2v) is 42.4. The van der Waals surface area contributed by atoms with Gasteiger partial charge >= 0.3 is 12.1 Å². The number of nitrogens with zero attached hydrogens (tertiary/aromatic N) is 12. The van der Waals surface area contributed by atoms with Crippen molar-refractivity contribution < 1.29 is 83.9 Å². The van der Waals surface area contributed by atoms with E-state index in [2.05, 4.69) is 133 Å². The molecule has 0 aliphatic carbocycles. The topological polar surface area (TPSA) is 390 Å². The second-order valence-electron chi connectivity index (χ2n) is 40.1. The smallest absolute Gasteiger partial charge is 0.320 e. The molecule has 0 spiro atoms. The van der Waals surface area contributed by atoms with Gasteiger partial charge in [0.1, 0.15) is 11.5 Å². The van der Waals surface area contributed by atoms with Crippen molar-refractivity contribution in [2.45, 2.75) is 302 Å². The molecule has 14 rings (SSSR count). The summed E-state index contributed by atoms with van der Waals surface area (Å²) in [5.41, 5.74) is 3.52. The Morgan fingerprint density at radius 2 is 0.821 bits per heavy atom. The van der Waals surface area contributed by atoms with Gasteiger partial charge in [0.15, 0.2) is 21.4 Å². The summed E-state index contributed by atoms with van der Waals surface area (Å²) in [4.78, 5) is 102. The summed E-state index contributed by atoms with van der Waals surface area (Å²) in [6.07, 6.45) is 15.6. The van der Waals surface area contributed by atoms with Gasteiger partial charge in [-0.05, 0) is 142 Å². The molecule has 7 amide bonds. The largest absolute Gasteiger partial charge is 0.396 e. The fraction of sp³-hybridized carbons (Fsp3) is 0.753. The van der Waals surface area contributed by atoms with Crippen LogP contribution in [0.25, 0.3) is 0 Å². The first-order valence-electron chi connectivity index (χ1n) is 44.7. The fourth-order valence-electron chi connectivity index (χ4n) is 16.8. The number of hydrogen-bond acceptors (Lipinski definition) is 26. The van der Waals surface area contributed by atoms with Crippen LogP contribution in [-0.2, 0) is 87.9 Å². The van der Waals surface area contributed by atoms with Crippen LogP contribution in [0.5, 0.6) is 0 Å². The molecule has 9 aliphatic heterocycles. The summed E-state index contributed by atoms with van der Waals surface area (Å²) in [5, 5.41) is 37.8. The Bertz CT molecular complexity index is 4370. The van der Waals surface area contributed by atoms with Gasteiger partial charge in [0.05, 0.1) is 108 Å². The average molecular weight is 1740 g/mol. The van der Waals surface area contributed by atoms with Gasteiger partial charge in [0.2, 0.25) is 35.4 Å². The number of aliphatic hydroxyl groups excluding tert-OH is 1. The normalized spacial score (nSPS) is 23.5. The van der Waals surface area contributed by atoms with Gasteiger partial charge in [-0.2, -0.15) is 0 Å². The summed E-state index contributed by atoms with van der Waals surface area (Å²) in [7, 11) is -3.05. The minimum Gasteiger partial charge on any atom is -0.396 e. The Kier molecular flexibility index (Phi) is 33.6. The molecule has 0 radical (unpaired) electrons. The lowest BCUT2D eigenvalue weighted by Gasteiger charge is -2.38. The zero-order valence-corrected chi connectivity index (χ0v) is 77.1. The van der Waals surface area contributed by atoms with Gasteiger partial charge in [0.25, 0.3) is 0 Å². The van der Waals surface area contributed by atoms with Gasteiger partial charge in [-0.3, -0.25) is 54.6 Å². The van der Waals surface area contributed by atoms with Crippen molar-refractivity contribution in [3.8, 4) is 0 Å². The van der Waals surface area contributed by atoms with Crippen molar-refractivity contribution in [2.24, 2.45) is 5.92 Å². The Hall–Kier alpha value is -7.99. The van der Waals surface area contributed by atoms with Gasteiger partial charge in [0, 0.05) is 136 Å². The number of carbonyl (C=O) groups excluding carboxylic acids is 7. The molecule has 0 aromatic carbocycles. The van der Waals surface area contributed by atoms with E-state index in [1.54, 1.807) is 31.7 Å². The molecule has 7 atom stereocenters. The van der Waals surface area contributed by atoms with E-state index in [1.807, 2.05) is 59.7 Å². The maximum Gasteiger partial charge on any atom is 0.320 e. The van der Waals surface area contributed by atoms with Gasteiger partial charge < -0.3 is 61.5 Å². The summed E-state index contributed by atoms with van der Waals surface area (Å²) in [5.74, 6) is 2.84. The van der Waals surface area contributed by atoms with Crippen LogP contribution < -0.4 is 16.0 Å². The van der Waals surface area contributed by atoms with Crippen LogP contribution >= 0.6 is 0 Å². The van der Waals surface area contributed by atoms with Crippen molar-refractivity contribution in [3.63, 3.8) is 0 Å². The average Bonchev–Trinajstić information content (AvgIpc) is 1.69. The van der Waals surface area contributed by atoms with E-state index in [0.717, 1.165) is 164 Å². The Labute approximate surface area is 726 Å². The maximum atomic E-state index is 12.8. The highest BCUT2D eigenvalue weighted by molar-refractivity contribution is 7.91. The monoisotopic (exact) mass is 1740 g/mol. The minimum absolute atomic E-state index is 0.0000753. The van der Waals surface area contributed by atoms with E-state index >= 15 is 0 Å². The van der Waals surface area contributed by atoms with E-state index in [-0.39, 0.29) is 148 Å². The Morgan fingerprint density at radius 3 is 1.21 bits per heavy atom. The number of ether oxygens (including phenoxy) is 3. The third kappa shape index (κ3) is 28.3. The lowest BCUT2D eigenvalue weighted by molar-refractivity contribution is -0.123. The highest BCUT2D eigenvalue weighted by atomic mass is 32.2. The first-order chi connectivity index (χ1) is 57.9. The van der Waals surface area contributed by atoms with E-state index in [4.69, 9.17) is 41.9 Å². The van der Waals surface area contributed by atoms with Crippen LogP contribution in [0, 0.1) is 5.92 Å². The molecule has 0 saturated carbocycles. The molecule has 5 aromatic heterocycles. The number of Topliss-reactive ketones (excluding diaryl/α,β-unsaturated/α-hetero) is 2. The molecular formula is C89H141N15O18S. The molecular weight excluding hydrogens is 1600 g/mol. The SMILES string of the molecule is CC(C)(C)c1cc(CC(=O)[C@@H]2CCCN2C(=O)N2CCOCC2)on1.CC(C)(C)c1cc(CC(=O)[C@@H]2CCCN2C(=O)N2CCS(=O)(=O)CC2)on1.CC(C)(C)c1cc(NC(=O)C2CCCN2CC2CCCCO2)on1.CC(C)(C)c1cc(NC(=O)[C@@H]2CCCN2CCCO)on1.CC1(C)CC(CN2CCC[C@H]2C(=O)Nc2cc(C(C)(C)C)no2)CCO1. The van der Waals surface area contributed by atoms with Crippen molar-refractivity contribution >= 4 is 68.8 Å². The van der Waals surface area contributed by atoms with E-state index < -0.39 is 15.9 Å². The number of aromatic nitrogens is 5. The van der Waals surface area contributed by atoms with Crippen molar-refractivity contribution in [3.05, 3.63) is 70.3 Å². The summed E-state index contributed by atoms with van der Waals surface area (Å²) >= 11 is 0. The third-order valence-electron chi connectivity index (χ3n) is 24.2. The standard InChI is InChI=1S/C20H33N3O3.C18H27N3O5S.C18H27N3O4.C18H29N3O3.C15H25N3O3/c1-19(2,3)16-11-17(26-22-16)21-18(24)15-7-6-9-23(15)13-14-8-10-25-20(4,5)12-14;1-18(2,3)16-12-13(26-19-16)11-15(22)14-5-4-6-21(14)17(23)20-7-9-27(24,25)10-8-20;1-18(2,3)16-12-13(25-19-16)11-15(22)14-5-4-6-21(14)17(23)20-7-9-24-10-8-20;1-18(2,3)15-11-16(24-20-15)19-17(22)14-8-6-9-21(14)12-13-7-4-5-10-23-13;1-15(2,3)12-10-13(21-17-12)16-14(20)11-6-4-7-18(11)8-5-9-19/h11,14-15H,6-10,12-13H2,1-5H3,(H,21,24);12,14H,4-11H2,1-3H3;12,14H,4-11H2,1-3H3;11,13-14H,4-10,12H2,1-3H3,(H,19,22);10-11,19H,4-9H2,1-3H3,(H,16,20)/t14?,15-;2*14-;;11-/m000.0/s1. The molecule has 14 heterocycles. The van der Waals surface area contributed by atoms with Crippen LogP contribution in [-0.4, -0.2) is 280 Å². The first-order valence-corrected chi connectivity index (χ1v) is 46.5. The Morgan fingerprint density at radius 1 is 0.439 bits per heavy atom. The number of sulfone groups is 1. The molecule has 33 nitrogen and oxygen atoms in total. The highest BCUT2D eigenvalue weighted by Gasteiger charge is 2.43. The summed E-state index contributed by atoms with van der Waals surface area (Å²) < 4.78 is 66.5. The number of amides is 7. The van der Waals surface area contributed by atoms with Crippen molar-refractivity contribution in [2.75, 3.05) is 139 Å². The lowest BCUT2D eigenvalue weighted by Crippen LogP contribution is -2.52. The lowest BCUT2D eigenvalue weighted by atomic mass is 9.88. The predicted octanol–water partition coefficient (Wildman–Crippen LogP) is 11.7. The number of morpholine rings is 1. The predicted molar refractivity (Wildman–Crippen MR) is 464 cm³/mol. The molecule has 9 fully saturated rings. The number of likely N-dealkylation sites (tertiary alicyclic amines) is 5. The van der Waals surface area contributed by atoms with Crippen LogP contribution in [0.3, 0.4) is 0 Å². The minimum atomic E-state index is -3.05. The third-order valence-corrected chi connectivity index (χ3v) is 25.8. The summed E-state index contributed by atoms with van der Waals surface area (Å²) in [6, 6.07) is 7.63. The molecule has 5 aromatic rings. The van der Waals surface area contributed by atoms with Crippen molar-refractivity contribution in [1.82, 2.24) is 60.1 Å². The second kappa shape index (κ2) is 42.5. The number of anilines is 3. The molecule has 123 heavy (non-hydrogen) atoms. The molecule has 9 aliphatic rings. The first kappa shape index (κ1) is 97.2. The maximum absolute atomic E-state index is 12.8. The summed E-state index contributed by atoms with van der Waals surface area (Å²) in [6.45, 7) is 46.2. The van der Waals surface area contributed by atoms with Crippen LogP contribution in [0.15, 0.2) is 52.9 Å². The van der Waals surface area contributed by atoms with Crippen LogP contribution in [0.4, 0.5) is 27.2 Å². The molecule has 34 heteroatoms. The van der Waals surface area contributed by atoms with Crippen LogP contribution in [0.1, 0.15) is 260 Å². The zero-order chi connectivity index (χ0) is 89.4. The van der Waals surface area contributed by atoms with Gasteiger partial charge in [-0.25, -0.2) is 18.0 Å². The van der Waals surface area contributed by atoms with E-state index in [0.29, 0.717) is 87.3 Å². The van der Waals surface area contributed by atoms with E-state index in [9.17, 15) is 42.0 Å². The highest BCUT2D eigenvalue weighted by Crippen LogP contribution is 2.35. The van der Waals surface area contributed by atoms with Crippen LogP contribution in [0.2, 0.25) is 0 Å².